The Kier molecular flexibility index (Phi) is 5.43. The predicted octanol–water partition coefficient (Wildman–Crippen LogP) is 4.22. The van der Waals surface area contributed by atoms with E-state index in [1.807, 2.05) is 55.6 Å². The Morgan fingerprint density at radius 3 is 2.46 bits per heavy atom. The fourth-order valence-electron chi connectivity index (χ4n) is 3.00. The predicted molar refractivity (Wildman–Crippen MR) is 101 cm³/mol. The van der Waals surface area contributed by atoms with Gasteiger partial charge in [0.15, 0.2) is 0 Å². The first-order chi connectivity index (χ1) is 11.6. The van der Waals surface area contributed by atoms with Crippen molar-refractivity contribution < 1.29 is 9.11 Å². The lowest BCUT2D eigenvalue weighted by atomic mass is 10.1. The molecule has 1 heterocycles. The van der Waals surface area contributed by atoms with Crippen molar-refractivity contribution in [3.8, 4) is 0 Å². The molecule has 1 aliphatic heterocycles. The lowest BCUT2D eigenvalue weighted by Crippen LogP contribution is -2.41. The van der Waals surface area contributed by atoms with Crippen LogP contribution in [0.4, 0.5) is 11.4 Å². The molecule has 0 unspecified atom stereocenters. The average Bonchev–Trinajstić information content (AvgIpc) is 2.59. The molecule has 1 aliphatic rings. The Hall–Kier alpha value is -1.57. The fraction of sp³-hybridized carbons (Fsp3) is 0.333. The van der Waals surface area contributed by atoms with Crippen LogP contribution < -0.4 is 9.62 Å². The second-order valence-electron chi connectivity index (χ2n) is 5.92. The SMILES string of the molecule is CNCCCCN1Cc2ccccc2N(c2ccccc2)S1(O)O. The second-order valence-corrected chi connectivity index (χ2v) is 7.78. The van der Waals surface area contributed by atoms with Crippen LogP contribution in [0.3, 0.4) is 0 Å². The standard InChI is InChI=1S/C18H25N3O2S/c1-19-13-7-8-14-20-15-16-9-5-6-12-18(16)21(24(20,22)23)17-10-3-2-4-11-17/h2-6,9-12,19,22-23H,7-8,13-15H2,1H3. The topological polar surface area (TPSA) is 59.0 Å². The van der Waals surface area contributed by atoms with Gasteiger partial charge in [-0.25, -0.2) is 4.31 Å². The van der Waals surface area contributed by atoms with Gasteiger partial charge in [-0.2, -0.15) is 4.31 Å². The Bertz CT molecular complexity index is 666. The quantitative estimate of drug-likeness (QED) is 0.683. The van der Waals surface area contributed by atoms with Gasteiger partial charge in [-0.05, 0) is 61.2 Å². The van der Waals surface area contributed by atoms with Crippen molar-refractivity contribution in [1.29, 1.82) is 0 Å². The van der Waals surface area contributed by atoms with Gasteiger partial charge < -0.3 is 5.32 Å². The summed E-state index contributed by atoms with van der Waals surface area (Å²) in [6.07, 6.45) is 1.93. The molecule has 0 atom stereocenters. The molecule has 0 saturated heterocycles. The Balaban J connectivity index is 1.93. The molecule has 3 N–H and O–H groups in total. The number of nitrogens with one attached hydrogen (secondary N) is 1. The molecule has 0 spiro atoms. The molecule has 0 saturated carbocycles. The number of hydrogen-bond donors (Lipinski definition) is 3. The van der Waals surface area contributed by atoms with Crippen molar-refractivity contribution in [3.05, 3.63) is 60.2 Å². The lowest BCUT2D eigenvalue weighted by molar-refractivity contribution is 0.330. The Labute approximate surface area is 145 Å². The number of unbranched alkanes of at least 4 members (excludes halogenated alkanes) is 1. The summed E-state index contributed by atoms with van der Waals surface area (Å²) in [6.45, 7) is 2.15. The highest BCUT2D eigenvalue weighted by Crippen LogP contribution is 2.58. The number of rotatable bonds is 6. The third kappa shape index (κ3) is 3.43. The highest BCUT2D eigenvalue weighted by molar-refractivity contribution is 8.23. The minimum Gasteiger partial charge on any atom is -0.320 e. The third-order valence-electron chi connectivity index (χ3n) is 4.22. The van der Waals surface area contributed by atoms with Gasteiger partial charge in [0.25, 0.3) is 0 Å². The van der Waals surface area contributed by atoms with E-state index in [0.717, 1.165) is 36.3 Å². The fourth-order valence-corrected chi connectivity index (χ4v) is 4.77. The van der Waals surface area contributed by atoms with Crippen LogP contribution in [0.25, 0.3) is 0 Å². The second kappa shape index (κ2) is 7.55. The van der Waals surface area contributed by atoms with Gasteiger partial charge in [-0.15, -0.1) is 0 Å². The molecule has 130 valence electrons. The molecule has 24 heavy (non-hydrogen) atoms. The summed E-state index contributed by atoms with van der Waals surface area (Å²) in [5, 5.41) is 3.13. The number of benzene rings is 2. The molecule has 3 rings (SSSR count). The number of fused-ring (bicyclic) bond motifs is 1. The zero-order valence-electron chi connectivity index (χ0n) is 13.9. The van der Waals surface area contributed by atoms with Crippen molar-refractivity contribution in [2.45, 2.75) is 19.4 Å². The van der Waals surface area contributed by atoms with Crippen LogP contribution in [-0.4, -0.2) is 33.5 Å². The Morgan fingerprint density at radius 2 is 1.71 bits per heavy atom. The zero-order chi connectivity index (χ0) is 17.0. The van der Waals surface area contributed by atoms with E-state index in [2.05, 4.69) is 11.4 Å². The van der Waals surface area contributed by atoms with Gasteiger partial charge in [0, 0.05) is 13.1 Å². The van der Waals surface area contributed by atoms with Gasteiger partial charge in [0.2, 0.25) is 0 Å². The summed E-state index contributed by atoms with van der Waals surface area (Å²) in [5.41, 5.74) is 2.78. The zero-order valence-corrected chi connectivity index (χ0v) is 14.7. The van der Waals surface area contributed by atoms with E-state index in [1.165, 1.54) is 0 Å². The maximum Gasteiger partial charge on any atom is 0.0686 e. The smallest absolute Gasteiger partial charge is 0.0686 e. The number of anilines is 2. The molecule has 6 heteroatoms. The van der Waals surface area contributed by atoms with Gasteiger partial charge in [0.05, 0.1) is 11.4 Å². The summed E-state index contributed by atoms with van der Waals surface area (Å²) in [4.78, 5) is 0. The van der Waals surface area contributed by atoms with E-state index in [0.29, 0.717) is 13.1 Å². The van der Waals surface area contributed by atoms with Crippen LogP contribution in [0, 0.1) is 0 Å². The Morgan fingerprint density at radius 1 is 1.00 bits per heavy atom. The van der Waals surface area contributed by atoms with E-state index in [9.17, 15) is 9.11 Å². The van der Waals surface area contributed by atoms with Gasteiger partial charge in [0.1, 0.15) is 0 Å². The molecule has 0 aromatic heterocycles. The first kappa shape index (κ1) is 17.3. The largest absolute Gasteiger partial charge is 0.320 e. The van der Waals surface area contributed by atoms with Crippen molar-refractivity contribution in [3.63, 3.8) is 0 Å². The van der Waals surface area contributed by atoms with Gasteiger partial charge >= 0.3 is 0 Å². The van der Waals surface area contributed by atoms with E-state index in [1.54, 1.807) is 8.61 Å². The highest BCUT2D eigenvalue weighted by atomic mass is 32.3. The van der Waals surface area contributed by atoms with Crippen molar-refractivity contribution in [2.24, 2.45) is 0 Å². The summed E-state index contributed by atoms with van der Waals surface area (Å²) < 4.78 is 25.5. The van der Waals surface area contributed by atoms with Gasteiger partial charge in [-0.1, -0.05) is 36.4 Å². The number of hydrogen-bond acceptors (Lipinski definition) is 5. The molecule has 2 aromatic carbocycles. The van der Waals surface area contributed by atoms with Crippen LogP contribution in [0.1, 0.15) is 18.4 Å². The molecular weight excluding hydrogens is 322 g/mol. The molecule has 0 bridgehead atoms. The summed E-state index contributed by atoms with van der Waals surface area (Å²) in [5.74, 6) is 0. The van der Waals surface area contributed by atoms with E-state index in [-0.39, 0.29) is 0 Å². The molecule has 5 nitrogen and oxygen atoms in total. The monoisotopic (exact) mass is 347 g/mol. The highest BCUT2D eigenvalue weighted by Gasteiger charge is 2.37. The van der Waals surface area contributed by atoms with Crippen molar-refractivity contribution in [2.75, 3.05) is 24.4 Å². The molecule has 0 amide bonds. The molecule has 0 radical (unpaired) electrons. The van der Waals surface area contributed by atoms with E-state index < -0.39 is 11.0 Å². The maximum absolute atomic E-state index is 11.0. The summed E-state index contributed by atoms with van der Waals surface area (Å²) >= 11 is 0. The van der Waals surface area contributed by atoms with Crippen molar-refractivity contribution in [1.82, 2.24) is 9.62 Å². The van der Waals surface area contributed by atoms with Crippen LogP contribution in [0.5, 0.6) is 0 Å². The minimum absolute atomic E-state index is 0.557. The van der Waals surface area contributed by atoms with Crippen LogP contribution in [-0.2, 0) is 6.54 Å². The molecule has 2 aromatic rings. The molecule has 0 aliphatic carbocycles. The van der Waals surface area contributed by atoms with Crippen LogP contribution >= 0.6 is 11.0 Å². The summed E-state index contributed by atoms with van der Waals surface area (Å²) in [7, 11) is -1.14. The average molecular weight is 347 g/mol. The number of para-hydroxylation sites is 2. The lowest BCUT2D eigenvalue weighted by Gasteiger charge is -2.54. The van der Waals surface area contributed by atoms with Crippen molar-refractivity contribution >= 4 is 22.3 Å². The number of nitrogens with zero attached hydrogens (tertiary/aromatic N) is 2. The van der Waals surface area contributed by atoms with Gasteiger partial charge in [-0.3, -0.25) is 9.11 Å². The minimum atomic E-state index is -3.07. The molecular formula is C18H25N3O2S. The van der Waals surface area contributed by atoms with Crippen LogP contribution in [0.15, 0.2) is 54.6 Å². The normalized spacial score (nSPS) is 18.2. The first-order valence-electron chi connectivity index (χ1n) is 8.26. The molecule has 0 fully saturated rings. The van der Waals surface area contributed by atoms with E-state index in [4.69, 9.17) is 0 Å². The summed E-state index contributed by atoms with van der Waals surface area (Å²) in [6, 6.07) is 17.5. The first-order valence-corrected chi connectivity index (χ1v) is 9.72. The van der Waals surface area contributed by atoms with Crippen LogP contribution in [0.2, 0.25) is 0 Å². The maximum atomic E-state index is 11.0. The third-order valence-corrected chi connectivity index (χ3v) is 6.13. The van der Waals surface area contributed by atoms with E-state index >= 15 is 0 Å².